The van der Waals surface area contributed by atoms with E-state index in [2.05, 4.69) is 0 Å². The zero-order valence-electron chi connectivity index (χ0n) is 7.92. The van der Waals surface area contributed by atoms with Gasteiger partial charge in [0.05, 0.1) is 21.3 Å². The van der Waals surface area contributed by atoms with E-state index in [9.17, 15) is 17.8 Å². The summed E-state index contributed by atoms with van der Waals surface area (Å²) in [5, 5.41) is 0. The molecule has 15 heavy (non-hydrogen) atoms. The molecule has 2 unspecified atom stereocenters. The number of Topliss-reactive ketones (excluding diaryl/α,β-unsaturated/α-hetero) is 1. The van der Waals surface area contributed by atoms with E-state index in [0.717, 1.165) is 12.1 Å². The Kier molecular flexibility index (Phi) is 2.42. The van der Waals surface area contributed by atoms with Crippen LogP contribution in [0.5, 0.6) is 0 Å². The number of ketones is 1. The van der Waals surface area contributed by atoms with Crippen molar-refractivity contribution in [2.24, 2.45) is 5.92 Å². The molecule has 0 amide bonds. The summed E-state index contributed by atoms with van der Waals surface area (Å²) in [6, 6.07) is 1.79. The molecule has 0 radical (unpaired) electrons. The lowest BCUT2D eigenvalue weighted by Gasteiger charge is -2.20. The van der Waals surface area contributed by atoms with Crippen molar-refractivity contribution < 1.29 is 17.8 Å². The molecule has 0 aromatic heterocycles. The van der Waals surface area contributed by atoms with Gasteiger partial charge >= 0.3 is 0 Å². The Balaban J connectivity index is 2.75. The highest BCUT2D eigenvalue weighted by Gasteiger charge is 2.33. The van der Waals surface area contributed by atoms with Crippen molar-refractivity contribution in [3.63, 3.8) is 0 Å². The molecule has 1 heterocycles. The summed E-state index contributed by atoms with van der Waals surface area (Å²) >= 11 is 0. The summed E-state index contributed by atoms with van der Waals surface area (Å²) in [5.74, 6) is -2.50. The van der Waals surface area contributed by atoms with Crippen LogP contribution in [0.3, 0.4) is 0 Å². The summed E-state index contributed by atoms with van der Waals surface area (Å²) < 4.78 is 38.2. The molecule has 0 fully saturated rings. The third-order valence-corrected chi connectivity index (χ3v) is 4.04. The molecule has 80 valence electrons. The van der Waals surface area contributed by atoms with Crippen LogP contribution in [0.25, 0.3) is 0 Å². The van der Waals surface area contributed by atoms with E-state index in [0.29, 0.717) is 0 Å². The van der Waals surface area contributed by atoms with Gasteiger partial charge in [0, 0.05) is 11.7 Å². The minimum atomic E-state index is -1.62. The van der Waals surface area contributed by atoms with Gasteiger partial charge in [0.25, 0.3) is 0 Å². The van der Waals surface area contributed by atoms with E-state index in [4.69, 9.17) is 0 Å². The maximum atomic E-state index is 13.3. The summed E-state index contributed by atoms with van der Waals surface area (Å²) in [4.78, 5) is 11.3. The molecule has 2 nitrogen and oxygen atoms in total. The smallest absolute Gasteiger partial charge is 0.170 e. The quantitative estimate of drug-likeness (QED) is 0.682. The van der Waals surface area contributed by atoms with E-state index >= 15 is 0 Å². The van der Waals surface area contributed by atoms with E-state index in [1.54, 1.807) is 6.92 Å². The molecule has 0 saturated heterocycles. The molecule has 0 N–H and O–H groups in total. The van der Waals surface area contributed by atoms with Gasteiger partial charge < -0.3 is 0 Å². The maximum absolute atomic E-state index is 13.3. The van der Waals surface area contributed by atoms with Crippen LogP contribution >= 0.6 is 0 Å². The molecule has 1 aromatic rings. The molecule has 1 aromatic carbocycles. The second kappa shape index (κ2) is 3.48. The SMILES string of the molecule is CC1CS(=O)c2c(F)ccc(F)c2C1=O. The lowest BCUT2D eigenvalue weighted by atomic mass is 9.99. The molecule has 0 bridgehead atoms. The van der Waals surface area contributed by atoms with Gasteiger partial charge in [-0.3, -0.25) is 9.00 Å². The Bertz CT molecular complexity index is 471. The number of hydrogen-bond donors (Lipinski definition) is 0. The second-order valence-corrected chi connectivity index (χ2v) is 4.94. The Morgan fingerprint density at radius 2 is 1.93 bits per heavy atom. The van der Waals surface area contributed by atoms with Gasteiger partial charge in [0.15, 0.2) is 5.78 Å². The fraction of sp³-hybridized carbons (Fsp3) is 0.300. The zero-order chi connectivity index (χ0) is 11.2. The van der Waals surface area contributed by atoms with Gasteiger partial charge in [-0.25, -0.2) is 8.78 Å². The molecular weight excluding hydrogens is 222 g/mol. The lowest BCUT2D eigenvalue weighted by molar-refractivity contribution is 0.0929. The summed E-state index contributed by atoms with van der Waals surface area (Å²) in [6.45, 7) is 1.56. The molecule has 2 rings (SSSR count). The molecule has 0 aliphatic carbocycles. The van der Waals surface area contributed by atoms with Crippen LogP contribution in [0, 0.1) is 17.6 Å². The van der Waals surface area contributed by atoms with E-state index in [1.807, 2.05) is 0 Å². The molecule has 0 spiro atoms. The topological polar surface area (TPSA) is 34.1 Å². The average Bonchev–Trinajstić information content (AvgIpc) is 2.18. The maximum Gasteiger partial charge on any atom is 0.170 e. The lowest BCUT2D eigenvalue weighted by Crippen LogP contribution is -2.28. The van der Waals surface area contributed by atoms with Crippen molar-refractivity contribution in [3.8, 4) is 0 Å². The Morgan fingerprint density at radius 1 is 1.33 bits per heavy atom. The predicted molar refractivity (Wildman–Crippen MR) is 51.1 cm³/mol. The number of carbonyl (C=O) groups excluding carboxylic acids is 1. The number of carbonyl (C=O) groups is 1. The highest BCUT2D eigenvalue weighted by Crippen LogP contribution is 2.29. The fourth-order valence-corrected chi connectivity index (χ4v) is 3.10. The molecule has 2 atom stereocenters. The first-order chi connectivity index (χ1) is 7.02. The molecular formula is C10H8F2O2S. The van der Waals surface area contributed by atoms with E-state index < -0.39 is 34.1 Å². The number of hydrogen-bond acceptors (Lipinski definition) is 2. The van der Waals surface area contributed by atoms with Crippen LogP contribution in [-0.4, -0.2) is 15.7 Å². The number of halogens is 2. The van der Waals surface area contributed by atoms with Gasteiger partial charge in [-0.05, 0) is 12.1 Å². The third kappa shape index (κ3) is 1.51. The van der Waals surface area contributed by atoms with Crippen molar-refractivity contribution in [2.75, 3.05) is 5.75 Å². The molecule has 1 aliphatic rings. The minimum Gasteiger partial charge on any atom is -0.294 e. The first-order valence-corrected chi connectivity index (χ1v) is 5.75. The normalized spacial score (nSPS) is 25.1. The van der Waals surface area contributed by atoms with Crippen LogP contribution in [0.15, 0.2) is 17.0 Å². The standard InChI is InChI=1S/C10H8F2O2S/c1-5-4-15(14)10-7(12)3-2-6(11)8(10)9(5)13/h2-3,5H,4H2,1H3. The van der Waals surface area contributed by atoms with Crippen molar-refractivity contribution in [2.45, 2.75) is 11.8 Å². The van der Waals surface area contributed by atoms with Gasteiger partial charge in [-0.2, -0.15) is 0 Å². The van der Waals surface area contributed by atoms with Crippen LogP contribution < -0.4 is 0 Å². The fourth-order valence-electron chi connectivity index (χ4n) is 1.62. The predicted octanol–water partition coefficient (Wildman–Crippen LogP) is 1.90. The summed E-state index contributed by atoms with van der Waals surface area (Å²) in [7, 11) is -1.62. The Hall–Kier alpha value is -1.10. The van der Waals surface area contributed by atoms with Gasteiger partial charge in [-0.15, -0.1) is 0 Å². The molecule has 5 heteroatoms. The van der Waals surface area contributed by atoms with E-state index in [1.165, 1.54) is 0 Å². The van der Waals surface area contributed by atoms with Crippen molar-refractivity contribution in [1.29, 1.82) is 0 Å². The highest BCUT2D eigenvalue weighted by molar-refractivity contribution is 7.85. The largest absolute Gasteiger partial charge is 0.294 e. The minimum absolute atomic E-state index is 0.0617. The van der Waals surface area contributed by atoms with E-state index in [-0.39, 0.29) is 16.2 Å². The van der Waals surface area contributed by atoms with Crippen molar-refractivity contribution in [1.82, 2.24) is 0 Å². The van der Waals surface area contributed by atoms with Gasteiger partial charge in [0.2, 0.25) is 0 Å². The van der Waals surface area contributed by atoms with Crippen LogP contribution in [0.4, 0.5) is 8.78 Å². The first-order valence-electron chi connectivity index (χ1n) is 4.43. The summed E-state index contributed by atoms with van der Waals surface area (Å²) in [6.07, 6.45) is 0. The van der Waals surface area contributed by atoms with Gasteiger partial charge in [0.1, 0.15) is 11.6 Å². The number of benzene rings is 1. The third-order valence-electron chi connectivity index (χ3n) is 2.38. The Labute approximate surface area is 87.8 Å². The average molecular weight is 230 g/mol. The van der Waals surface area contributed by atoms with Crippen LogP contribution in [-0.2, 0) is 10.8 Å². The van der Waals surface area contributed by atoms with Crippen LogP contribution in [0.1, 0.15) is 17.3 Å². The molecule has 1 aliphatic heterocycles. The highest BCUT2D eigenvalue weighted by atomic mass is 32.2. The van der Waals surface area contributed by atoms with Gasteiger partial charge in [-0.1, -0.05) is 6.92 Å². The van der Waals surface area contributed by atoms with Crippen LogP contribution in [0.2, 0.25) is 0 Å². The first kappa shape index (κ1) is 10.4. The van der Waals surface area contributed by atoms with Crippen molar-refractivity contribution in [3.05, 3.63) is 29.3 Å². The zero-order valence-corrected chi connectivity index (χ0v) is 8.74. The molecule has 0 saturated carbocycles. The second-order valence-electron chi connectivity index (χ2n) is 3.51. The number of fused-ring (bicyclic) bond motifs is 1. The summed E-state index contributed by atoms with van der Waals surface area (Å²) in [5.41, 5.74) is -0.341. The monoisotopic (exact) mass is 230 g/mol. The number of rotatable bonds is 0. The van der Waals surface area contributed by atoms with Crippen molar-refractivity contribution >= 4 is 16.6 Å². The Morgan fingerprint density at radius 3 is 2.60 bits per heavy atom.